The Balaban J connectivity index is 2.37. The number of sulfonamides is 1. The van der Waals surface area contributed by atoms with Gasteiger partial charge in [-0.05, 0) is 30.3 Å². The first kappa shape index (κ1) is 12.5. The zero-order chi connectivity index (χ0) is 13.2. The molecule has 0 heterocycles. The van der Waals surface area contributed by atoms with Crippen molar-refractivity contribution in [3.63, 3.8) is 0 Å². The van der Waals surface area contributed by atoms with E-state index in [1.54, 1.807) is 0 Å². The van der Waals surface area contributed by atoms with Crippen molar-refractivity contribution in [1.82, 2.24) is 0 Å². The molecule has 1 N–H and O–H groups in total. The van der Waals surface area contributed by atoms with Crippen LogP contribution in [0, 0.1) is 17.7 Å². The summed E-state index contributed by atoms with van der Waals surface area (Å²) in [4.78, 5) is -0.600. The van der Waals surface area contributed by atoms with Gasteiger partial charge in [-0.15, -0.1) is 0 Å². The van der Waals surface area contributed by atoms with Crippen LogP contribution in [0.15, 0.2) is 47.4 Å². The van der Waals surface area contributed by atoms with E-state index >= 15 is 0 Å². The second-order valence-electron chi connectivity index (χ2n) is 3.47. The van der Waals surface area contributed by atoms with Crippen LogP contribution in [0.25, 0.3) is 0 Å². The first-order valence-corrected chi connectivity index (χ1v) is 6.41. The van der Waals surface area contributed by atoms with E-state index in [1.807, 2.05) is 0 Å². The van der Waals surface area contributed by atoms with Crippen LogP contribution in [0.3, 0.4) is 0 Å². The van der Waals surface area contributed by atoms with Crippen LogP contribution in [0.2, 0.25) is 0 Å². The van der Waals surface area contributed by atoms with Crippen LogP contribution < -0.4 is 4.72 Å². The maximum absolute atomic E-state index is 13.4. The average Bonchev–Trinajstić information content (AvgIpc) is 2.29. The van der Waals surface area contributed by atoms with Crippen LogP contribution >= 0.6 is 0 Å². The number of hydrogen-bond acceptors (Lipinski definition) is 2. The molecule has 2 aromatic carbocycles. The molecule has 0 bridgehead atoms. The van der Waals surface area contributed by atoms with E-state index in [-0.39, 0.29) is 5.69 Å². The van der Waals surface area contributed by atoms with Gasteiger partial charge >= 0.3 is 0 Å². The minimum atomic E-state index is -4.07. The minimum absolute atomic E-state index is 0.275. The standard InChI is InChI=1S/C12H8F2NO2S/c13-9-6-7-12(11(14)8-9)18(16,17)15-10-4-2-1-3-5-10/h2-8,15H. The van der Waals surface area contributed by atoms with E-state index in [4.69, 9.17) is 0 Å². The fourth-order valence-electron chi connectivity index (χ4n) is 1.36. The molecule has 18 heavy (non-hydrogen) atoms. The van der Waals surface area contributed by atoms with Crippen molar-refractivity contribution < 1.29 is 17.2 Å². The Labute approximate surface area is 103 Å². The lowest BCUT2D eigenvalue weighted by Gasteiger charge is -2.08. The average molecular weight is 268 g/mol. The molecular weight excluding hydrogens is 260 g/mol. The van der Waals surface area contributed by atoms with Crippen molar-refractivity contribution in [2.24, 2.45) is 0 Å². The first-order valence-electron chi connectivity index (χ1n) is 4.93. The largest absolute Gasteiger partial charge is 0.280 e. The molecule has 0 saturated carbocycles. The Morgan fingerprint density at radius 2 is 1.72 bits per heavy atom. The molecule has 0 fully saturated rings. The van der Waals surface area contributed by atoms with Gasteiger partial charge in [-0.2, -0.15) is 0 Å². The van der Waals surface area contributed by atoms with Crippen LogP contribution in [-0.2, 0) is 10.0 Å². The molecule has 0 aliphatic carbocycles. The maximum atomic E-state index is 13.4. The normalized spacial score (nSPS) is 11.2. The molecule has 0 aliphatic heterocycles. The summed E-state index contributed by atoms with van der Waals surface area (Å²) in [5.41, 5.74) is 0.275. The molecular formula is C12H8F2NO2S. The number of hydrogen-bond donors (Lipinski definition) is 1. The van der Waals surface area contributed by atoms with Crippen molar-refractivity contribution in [1.29, 1.82) is 0 Å². The predicted molar refractivity (Wildman–Crippen MR) is 62.4 cm³/mol. The van der Waals surface area contributed by atoms with Gasteiger partial charge in [0.05, 0.1) is 0 Å². The highest BCUT2D eigenvalue weighted by atomic mass is 32.2. The summed E-state index contributed by atoms with van der Waals surface area (Å²) in [7, 11) is -4.07. The van der Waals surface area contributed by atoms with Gasteiger partial charge in [0.2, 0.25) is 0 Å². The van der Waals surface area contributed by atoms with Crippen LogP contribution in [0.4, 0.5) is 14.5 Å². The topological polar surface area (TPSA) is 46.2 Å². The molecule has 6 heteroatoms. The van der Waals surface area contributed by atoms with Crippen molar-refractivity contribution >= 4 is 15.7 Å². The molecule has 0 unspecified atom stereocenters. The van der Waals surface area contributed by atoms with Crippen molar-refractivity contribution in [2.45, 2.75) is 4.90 Å². The zero-order valence-electron chi connectivity index (χ0n) is 9.02. The summed E-state index contributed by atoms with van der Waals surface area (Å²) >= 11 is 0. The highest BCUT2D eigenvalue weighted by Gasteiger charge is 2.19. The molecule has 2 rings (SSSR count). The molecule has 0 atom stereocenters. The third-order valence-corrected chi connectivity index (χ3v) is 3.57. The van der Waals surface area contributed by atoms with Gasteiger partial charge in [-0.25, -0.2) is 17.2 Å². The molecule has 93 valence electrons. The first-order chi connectivity index (χ1) is 8.49. The maximum Gasteiger partial charge on any atom is 0.264 e. The number of anilines is 1. The molecule has 3 nitrogen and oxygen atoms in total. The Morgan fingerprint density at radius 1 is 1.06 bits per heavy atom. The Bertz CT molecular complexity index is 657. The molecule has 0 amide bonds. The number of halogens is 2. The van der Waals surface area contributed by atoms with E-state index in [2.05, 4.69) is 10.8 Å². The fourth-order valence-corrected chi connectivity index (χ4v) is 2.48. The Hall–Kier alpha value is -1.95. The van der Waals surface area contributed by atoms with Gasteiger partial charge in [0, 0.05) is 11.8 Å². The van der Waals surface area contributed by atoms with Gasteiger partial charge < -0.3 is 0 Å². The monoisotopic (exact) mass is 268 g/mol. The van der Waals surface area contributed by atoms with E-state index in [1.165, 1.54) is 24.3 Å². The smallest absolute Gasteiger partial charge is 0.264 e. The van der Waals surface area contributed by atoms with Crippen molar-refractivity contribution in [3.8, 4) is 0 Å². The van der Waals surface area contributed by atoms with Gasteiger partial charge in [0.25, 0.3) is 10.0 Å². The molecule has 2 aromatic rings. The van der Waals surface area contributed by atoms with E-state index in [0.717, 1.165) is 12.1 Å². The number of benzene rings is 2. The summed E-state index contributed by atoms with van der Waals surface area (Å²) in [6.45, 7) is 0. The van der Waals surface area contributed by atoms with Gasteiger partial charge in [-0.1, -0.05) is 12.1 Å². The summed E-state index contributed by atoms with van der Waals surface area (Å²) < 4.78 is 52.0. The van der Waals surface area contributed by atoms with E-state index in [0.29, 0.717) is 6.07 Å². The molecule has 0 spiro atoms. The van der Waals surface area contributed by atoms with Gasteiger partial charge in [0.1, 0.15) is 16.5 Å². The number of nitrogens with one attached hydrogen (secondary N) is 1. The van der Waals surface area contributed by atoms with Crippen LogP contribution in [-0.4, -0.2) is 8.42 Å². The second kappa shape index (κ2) is 4.73. The third-order valence-electron chi connectivity index (χ3n) is 2.15. The summed E-state index contributed by atoms with van der Waals surface area (Å²) in [5.74, 6) is -1.97. The third kappa shape index (κ3) is 2.65. The summed E-state index contributed by atoms with van der Waals surface area (Å²) in [6.07, 6.45) is 0. The van der Waals surface area contributed by atoms with Crippen LogP contribution in [0.5, 0.6) is 0 Å². The SMILES string of the molecule is O=S(=O)(Nc1cc[c]cc1)c1ccc(F)cc1F. The summed E-state index contributed by atoms with van der Waals surface area (Å²) in [5, 5.41) is 0. The van der Waals surface area contributed by atoms with Gasteiger partial charge in [-0.3, -0.25) is 4.72 Å². The molecule has 0 saturated heterocycles. The molecule has 0 aliphatic rings. The van der Waals surface area contributed by atoms with Crippen LogP contribution in [0.1, 0.15) is 0 Å². The van der Waals surface area contributed by atoms with E-state index < -0.39 is 26.6 Å². The lowest BCUT2D eigenvalue weighted by Crippen LogP contribution is -2.14. The predicted octanol–water partition coefficient (Wildman–Crippen LogP) is 2.57. The Kier molecular flexibility index (Phi) is 3.29. The van der Waals surface area contributed by atoms with E-state index in [9.17, 15) is 17.2 Å². The van der Waals surface area contributed by atoms with Crippen molar-refractivity contribution in [3.05, 3.63) is 60.2 Å². The lowest BCUT2D eigenvalue weighted by atomic mass is 10.3. The molecule has 1 radical (unpaired) electrons. The second-order valence-corrected chi connectivity index (χ2v) is 5.12. The summed E-state index contributed by atoms with van der Waals surface area (Å²) in [6, 6.07) is 11.0. The highest BCUT2D eigenvalue weighted by Crippen LogP contribution is 2.19. The highest BCUT2D eigenvalue weighted by molar-refractivity contribution is 7.92. The lowest BCUT2D eigenvalue weighted by molar-refractivity contribution is 0.551. The Morgan fingerprint density at radius 3 is 2.33 bits per heavy atom. The zero-order valence-corrected chi connectivity index (χ0v) is 9.84. The fraction of sp³-hybridized carbons (Fsp3) is 0. The minimum Gasteiger partial charge on any atom is -0.280 e. The quantitative estimate of drug-likeness (QED) is 0.930. The van der Waals surface area contributed by atoms with Crippen molar-refractivity contribution in [2.75, 3.05) is 4.72 Å². The van der Waals surface area contributed by atoms with Gasteiger partial charge in [0.15, 0.2) is 0 Å². The number of rotatable bonds is 3. The molecule has 0 aromatic heterocycles.